The highest BCUT2D eigenvalue weighted by molar-refractivity contribution is 9.10. The Bertz CT molecular complexity index is 1150. The summed E-state index contributed by atoms with van der Waals surface area (Å²) in [5.41, 5.74) is 2.98. The number of hydrogen-bond donors (Lipinski definition) is 1. The zero-order valence-corrected chi connectivity index (χ0v) is 23.7. The largest absolute Gasteiger partial charge is 0.483 e. The van der Waals surface area contributed by atoms with Gasteiger partial charge in [0.2, 0.25) is 5.91 Å². The molecule has 37 heavy (non-hydrogen) atoms. The Kier molecular flexibility index (Phi) is 10.8. The van der Waals surface area contributed by atoms with Crippen LogP contribution in [0, 0.1) is 5.92 Å². The van der Waals surface area contributed by atoms with Gasteiger partial charge in [0.15, 0.2) is 6.61 Å². The molecule has 0 aliphatic rings. The van der Waals surface area contributed by atoms with Gasteiger partial charge < -0.3 is 15.0 Å². The normalized spacial score (nSPS) is 11.9. The van der Waals surface area contributed by atoms with Crippen LogP contribution in [-0.2, 0) is 22.6 Å². The first-order valence-electron chi connectivity index (χ1n) is 12.8. The summed E-state index contributed by atoms with van der Waals surface area (Å²) >= 11 is 3.48. The standard InChI is InChI=1S/C31H37BrN2O3/c1-22(2)19-33-31(36)28(18-24-10-6-5-7-11-24)34(20-25-14-16-26(32)17-15-25)30(35)21-37-29-13-9-8-12-27(29)23(3)4/h5-17,22-23,28H,18-21H2,1-4H3,(H,33,36). The molecule has 0 aromatic heterocycles. The second-order valence-corrected chi connectivity index (χ2v) is 10.9. The number of amides is 2. The fourth-order valence-electron chi connectivity index (χ4n) is 4.07. The highest BCUT2D eigenvalue weighted by Crippen LogP contribution is 2.26. The zero-order valence-electron chi connectivity index (χ0n) is 22.1. The first-order valence-corrected chi connectivity index (χ1v) is 13.6. The molecule has 6 heteroatoms. The Morgan fingerprint density at radius 3 is 2.16 bits per heavy atom. The number of para-hydroxylation sites is 1. The fourth-order valence-corrected chi connectivity index (χ4v) is 4.34. The van der Waals surface area contributed by atoms with Crippen molar-refractivity contribution in [3.63, 3.8) is 0 Å². The Morgan fingerprint density at radius 2 is 1.51 bits per heavy atom. The van der Waals surface area contributed by atoms with Crippen molar-refractivity contribution in [3.8, 4) is 5.75 Å². The van der Waals surface area contributed by atoms with Crippen LogP contribution in [0.3, 0.4) is 0 Å². The molecule has 1 atom stereocenters. The number of nitrogens with one attached hydrogen (secondary N) is 1. The molecule has 0 bridgehead atoms. The summed E-state index contributed by atoms with van der Waals surface area (Å²) < 4.78 is 7.00. The molecule has 3 aromatic rings. The zero-order chi connectivity index (χ0) is 26.8. The molecule has 0 aliphatic heterocycles. The number of rotatable bonds is 12. The van der Waals surface area contributed by atoms with Gasteiger partial charge in [0.1, 0.15) is 11.8 Å². The van der Waals surface area contributed by atoms with Gasteiger partial charge in [-0.15, -0.1) is 0 Å². The average Bonchev–Trinajstić information content (AvgIpc) is 2.89. The van der Waals surface area contributed by atoms with E-state index in [-0.39, 0.29) is 24.3 Å². The number of hydrogen-bond acceptors (Lipinski definition) is 3. The van der Waals surface area contributed by atoms with Crippen LogP contribution >= 0.6 is 15.9 Å². The van der Waals surface area contributed by atoms with E-state index >= 15 is 0 Å². The number of nitrogens with zero attached hydrogens (tertiary/aromatic N) is 1. The smallest absolute Gasteiger partial charge is 0.261 e. The van der Waals surface area contributed by atoms with Crippen LogP contribution in [0.25, 0.3) is 0 Å². The molecule has 196 valence electrons. The molecule has 0 spiro atoms. The molecule has 1 unspecified atom stereocenters. The monoisotopic (exact) mass is 564 g/mol. The van der Waals surface area contributed by atoms with Gasteiger partial charge in [-0.1, -0.05) is 104 Å². The van der Waals surface area contributed by atoms with Crippen molar-refractivity contribution in [2.24, 2.45) is 5.92 Å². The Labute approximate surface area is 229 Å². The van der Waals surface area contributed by atoms with Crippen molar-refractivity contribution in [1.82, 2.24) is 10.2 Å². The van der Waals surface area contributed by atoms with Crippen molar-refractivity contribution < 1.29 is 14.3 Å². The minimum atomic E-state index is -0.679. The molecule has 3 aromatic carbocycles. The quantitative estimate of drug-likeness (QED) is 0.278. The van der Waals surface area contributed by atoms with E-state index in [0.717, 1.165) is 21.2 Å². The van der Waals surface area contributed by atoms with Crippen molar-refractivity contribution in [2.45, 2.75) is 52.6 Å². The number of ether oxygens (including phenoxy) is 1. The summed E-state index contributed by atoms with van der Waals surface area (Å²) in [7, 11) is 0. The molecule has 5 nitrogen and oxygen atoms in total. The van der Waals surface area contributed by atoms with Gasteiger partial charge >= 0.3 is 0 Å². The lowest BCUT2D eigenvalue weighted by Crippen LogP contribution is -2.52. The minimum absolute atomic E-state index is 0.150. The summed E-state index contributed by atoms with van der Waals surface area (Å²) in [6, 6.07) is 24.7. The van der Waals surface area contributed by atoms with Crippen molar-refractivity contribution in [3.05, 3.63) is 100 Å². The molecule has 2 amide bonds. The predicted molar refractivity (Wildman–Crippen MR) is 152 cm³/mol. The van der Waals surface area contributed by atoms with Crippen molar-refractivity contribution in [2.75, 3.05) is 13.2 Å². The highest BCUT2D eigenvalue weighted by atomic mass is 79.9. The molecule has 0 saturated heterocycles. The molecule has 0 aliphatic carbocycles. The van der Waals surface area contributed by atoms with Crippen LogP contribution < -0.4 is 10.1 Å². The molecule has 0 saturated carbocycles. The molecule has 0 fully saturated rings. The number of halogens is 1. The third-order valence-electron chi connectivity index (χ3n) is 6.11. The average molecular weight is 566 g/mol. The maximum Gasteiger partial charge on any atom is 0.261 e. The van der Waals surface area contributed by atoms with E-state index in [1.165, 1.54) is 0 Å². The first-order chi connectivity index (χ1) is 17.7. The van der Waals surface area contributed by atoms with Gasteiger partial charge in [-0.25, -0.2) is 0 Å². The lowest BCUT2D eigenvalue weighted by atomic mass is 10.0. The van der Waals surface area contributed by atoms with Crippen LogP contribution in [0.15, 0.2) is 83.3 Å². The SMILES string of the molecule is CC(C)CNC(=O)C(Cc1ccccc1)N(Cc1ccc(Br)cc1)C(=O)COc1ccccc1C(C)C. The van der Waals surface area contributed by atoms with Gasteiger partial charge in [0.25, 0.3) is 5.91 Å². The van der Waals surface area contributed by atoms with E-state index in [4.69, 9.17) is 4.74 Å². The van der Waals surface area contributed by atoms with Gasteiger partial charge in [-0.05, 0) is 46.7 Å². The highest BCUT2D eigenvalue weighted by Gasteiger charge is 2.31. The van der Waals surface area contributed by atoms with Gasteiger partial charge in [0, 0.05) is 24.0 Å². The van der Waals surface area contributed by atoms with E-state index in [2.05, 4.69) is 48.9 Å². The summed E-state index contributed by atoms with van der Waals surface area (Å²) in [4.78, 5) is 28.9. The summed E-state index contributed by atoms with van der Waals surface area (Å²) in [5.74, 6) is 0.858. The summed E-state index contributed by atoms with van der Waals surface area (Å²) in [6.45, 7) is 8.99. The maximum atomic E-state index is 13.8. The van der Waals surface area contributed by atoms with Crippen LogP contribution in [0.1, 0.15) is 50.3 Å². The molecule has 1 N–H and O–H groups in total. The van der Waals surface area contributed by atoms with Crippen LogP contribution in [-0.4, -0.2) is 35.9 Å². The van der Waals surface area contributed by atoms with E-state index < -0.39 is 6.04 Å². The minimum Gasteiger partial charge on any atom is -0.483 e. The fraction of sp³-hybridized carbons (Fsp3) is 0.355. The van der Waals surface area contributed by atoms with E-state index in [9.17, 15) is 9.59 Å². The predicted octanol–water partition coefficient (Wildman–Crippen LogP) is 6.36. The van der Waals surface area contributed by atoms with Crippen LogP contribution in [0.2, 0.25) is 0 Å². The number of carbonyl (C=O) groups is 2. The van der Waals surface area contributed by atoms with Crippen LogP contribution in [0.4, 0.5) is 0 Å². The lowest BCUT2D eigenvalue weighted by molar-refractivity contribution is -0.142. The third-order valence-corrected chi connectivity index (χ3v) is 6.64. The molecule has 3 rings (SSSR count). The van der Waals surface area contributed by atoms with Crippen molar-refractivity contribution >= 4 is 27.7 Å². The third kappa shape index (κ3) is 8.74. The summed E-state index contributed by atoms with van der Waals surface area (Å²) in [6.07, 6.45) is 0.412. The number of carbonyl (C=O) groups excluding carboxylic acids is 2. The van der Waals surface area contributed by atoms with Crippen LogP contribution in [0.5, 0.6) is 5.75 Å². The molecule has 0 heterocycles. The van der Waals surface area contributed by atoms with E-state index in [0.29, 0.717) is 31.2 Å². The van der Waals surface area contributed by atoms with Crippen molar-refractivity contribution in [1.29, 1.82) is 0 Å². The Hall–Kier alpha value is -3.12. The second kappa shape index (κ2) is 14.0. The van der Waals surface area contributed by atoms with Gasteiger partial charge in [-0.3, -0.25) is 9.59 Å². The molecular formula is C31H37BrN2O3. The molecule has 0 radical (unpaired) electrons. The lowest BCUT2D eigenvalue weighted by Gasteiger charge is -2.32. The second-order valence-electron chi connectivity index (χ2n) is 9.97. The Morgan fingerprint density at radius 1 is 0.865 bits per heavy atom. The van der Waals surface area contributed by atoms with E-state index in [1.807, 2.05) is 78.9 Å². The first kappa shape index (κ1) is 28.5. The number of benzene rings is 3. The van der Waals surface area contributed by atoms with E-state index in [1.54, 1.807) is 4.90 Å². The maximum absolute atomic E-state index is 13.8. The summed E-state index contributed by atoms with van der Waals surface area (Å²) in [5, 5.41) is 3.05. The molecular weight excluding hydrogens is 528 g/mol. The Balaban J connectivity index is 1.91. The van der Waals surface area contributed by atoms with Gasteiger partial charge in [0.05, 0.1) is 0 Å². The topological polar surface area (TPSA) is 58.6 Å². The van der Waals surface area contributed by atoms with Gasteiger partial charge in [-0.2, -0.15) is 0 Å².